The van der Waals surface area contributed by atoms with Gasteiger partial charge in [0.1, 0.15) is 0 Å². The minimum absolute atomic E-state index is 0.179. The highest BCUT2D eigenvalue weighted by atomic mass is 32.1. The van der Waals surface area contributed by atoms with Crippen LogP contribution in [-0.2, 0) is 29.1 Å². The maximum atomic E-state index is 11.8. The summed E-state index contributed by atoms with van der Waals surface area (Å²) < 4.78 is 3.31. The van der Waals surface area contributed by atoms with E-state index in [9.17, 15) is 14.7 Å². The van der Waals surface area contributed by atoms with Crippen LogP contribution in [0.2, 0.25) is 0 Å². The number of thiophene rings is 1. The summed E-state index contributed by atoms with van der Waals surface area (Å²) in [6, 6.07) is 4.12. The maximum absolute atomic E-state index is 11.8. The number of benzene rings is 1. The van der Waals surface area contributed by atoms with Gasteiger partial charge in [0.2, 0.25) is 0 Å². The summed E-state index contributed by atoms with van der Waals surface area (Å²) in [5.41, 5.74) is 3.90. The highest BCUT2D eigenvalue weighted by molar-refractivity contribution is 7.17. The summed E-state index contributed by atoms with van der Waals surface area (Å²) in [7, 11) is 0. The van der Waals surface area contributed by atoms with Crippen LogP contribution >= 0.6 is 11.3 Å². The molecule has 0 unspecified atom stereocenters. The highest BCUT2D eigenvalue weighted by Crippen LogP contribution is 2.41. The molecule has 0 fully saturated rings. The molecule has 0 aliphatic carbocycles. The van der Waals surface area contributed by atoms with Gasteiger partial charge in [0, 0.05) is 69.8 Å². The van der Waals surface area contributed by atoms with Crippen LogP contribution in [-0.4, -0.2) is 33.3 Å². The zero-order chi connectivity index (χ0) is 19.1. The topological polar surface area (TPSA) is 91.6 Å². The number of fused-ring (bicyclic) bond motifs is 5. The Balaban J connectivity index is 2.11. The van der Waals surface area contributed by atoms with Crippen molar-refractivity contribution in [3.8, 4) is 0 Å². The summed E-state index contributed by atoms with van der Waals surface area (Å²) in [4.78, 5) is 22.9. The van der Waals surface area contributed by atoms with Crippen LogP contribution in [0.4, 0.5) is 0 Å². The van der Waals surface area contributed by atoms with E-state index >= 15 is 0 Å². The van der Waals surface area contributed by atoms with Crippen molar-refractivity contribution in [2.75, 3.05) is 6.54 Å². The Kier molecular flexibility index (Phi) is 4.49. The number of rotatable bonds is 5. The molecule has 0 radical (unpaired) electrons. The van der Waals surface area contributed by atoms with Crippen molar-refractivity contribution in [3.63, 3.8) is 0 Å². The highest BCUT2D eigenvalue weighted by Gasteiger charge is 2.25. The van der Waals surface area contributed by atoms with E-state index in [0.29, 0.717) is 5.56 Å². The smallest absolute Gasteiger partial charge is 0.336 e. The molecular weight excluding hydrogens is 364 g/mol. The van der Waals surface area contributed by atoms with Gasteiger partial charge in [0.15, 0.2) is 0 Å². The number of hydrogen-bond acceptors (Lipinski definition) is 4. The van der Waals surface area contributed by atoms with Crippen LogP contribution in [0.1, 0.15) is 30.2 Å². The normalized spacial score (nSPS) is 14.6. The number of aliphatic carboxylic acids is 2. The monoisotopic (exact) mass is 384 g/mol. The van der Waals surface area contributed by atoms with Gasteiger partial charge in [-0.05, 0) is 24.1 Å². The molecule has 0 bridgehead atoms. The van der Waals surface area contributed by atoms with Crippen LogP contribution in [0.3, 0.4) is 0 Å². The predicted octanol–water partition coefficient (Wildman–Crippen LogP) is 3.46. The Morgan fingerprint density at radius 2 is 2.11 bits per heavy atom. The maximum Gasteiger partial charge on any atom is 0.336 e. The van der Waals surface area contributed by atoms with Gasteiger partial charge >= 0.3 is 11.9 Å². The number of aromatic nitrogens is 1. The Morgan fingerprint density at radius 1 is 1.30 bits per heavy atom. The molecule has 3 N–H and O–H groups in total. The zero-order valence-corrected chi connectivity index (χ0v) is 15.7. The lowest BCUT2D eigenvalue weighted by molar-refractivity contribution is -0.133. The lowest BCUT2D eigenvalue weighted by atomic mass is 9.98. The molecule has 2 aromatic heterocycles. The molecule has 1 aliphatic heterocycles. The summed E-state index contributed by atoms with van der Waals surface area (Å²) >= 11 is 1.45. The molecule has 0 saturated carbocycles. The summed E-state index contributed by atoms with van der Waals surface area (Å²) in [6.45, 7) is 4.72. The Bertz CT molecular complexity index is 1110. The summed E-state index contributed by atoms with van der Waals surface area (Å²) in [6.07, 6.45) is 2.73. The SMILES string of the molecule is CCCn1c2c(c3c4c(C(=CC(=O)O)C(=O)O)csc4ccc31)CNCC2. The fraction of sp³-hybridized carbons (Fsp3) is 0.300. The first-order valence-corrected chi connectivity index (χ1v) is 9.84. The third-order valence-electron chi connectivity index (χ3n) is 5.06. The third kappa shape index (κ3) is 2.83. The molecule has 0 spiro atoms. The predicted molar refractivity (Wildman–Crippen MR) is 106 cm³/mol. The Labute approximate surface area is 159 Å². The lowest BCUT2D eigenvalue weighted by Gasteiger charge is -2.16. The van der Waals surface area contributed by atoms with E-state index in [2.05, 4.69) is 22.9 Å². The second kappa shape index (κ2) is 6.83. The largest absolute Gasteiger partial charge is 0.478 e. The Hall–Kier alpha value is -2.64. The van der Waals surface area contributed by atoms with Gasteiger partial charge in [-0.2, -0.15) is 0 Å². The van der Waals surface area contributed by atoms with Crippen LogP contribution in [0.5, 0.6) is 0 Å². The molecule has 140 valence electrons. The van der Waals surface area contributed by atoms with Gasteiger partial charge in [0.05, 0.1) is 5.57 Å². The minimum atomic E-state index is -1.26. The van der Waals surface area contributed by atoms with Crippen LogP contribution < -0.4 is 5.32 Å². The first kappa shape index (κ1) is 17.8. The third-order valence-corrected chi connectivity index (χ3v) is 6.01. The van der Waals surface area contributed by atoms with E-state index in [-0.39, 0.29) is 5.57 Å². The molecular formula is C20H20N2O4S. The summed E-state index contributed by atoms with van der Waals surface area (Å²) in [5, 5.41) is 25.8. The number of nitrogens with zero attached hydrogens (tertiary/aromatic N) is 1. The van der Waals surface area contributed by atoms with E-state index in [1.807, 2.05) is 6.07 Å². The second-order valence-corrected chi connectivity index (χ2v) is 7.60. The van der Waals surface area contributed by atoms with E-state index < -0.39 is 11.9 Å². The zero-order valence-electron chi connectivity index (χ0n) is 14.9. The van der Waals surface area contributed by atoms with Crippen molar-refractivity contribution in [1.82, 2.24) is 9.88 Å². The molecule has 27 heavy (non-hydrogen) atoms. The number of carbonyl (C=O) groups is 2. The second-order valence-electron chi connectivity index (χ2n) is 6.69. The molecule has 7 heteroatoms. The lowest BCUT2D eigenvalue weighted by Crippen LogP contribution is -2.24. The number of aryl methyl sites for hydroxylation is 1. The van der Waals surface area contributed by atoms with Gasteiger partial charge in [0.25, 0.3) is 0 Å². The summed E-state index contributed by atoms with van der Waals surface area (Å²) in [5.74, 6) is -2.49. The quantitative estimate of drug-likeness (QED) is 0.586. The minimum Gasteiger partial charge on any atom is -0.478 e. The van der Waals surface area contributed by atoms with Gasteiger partial charge in [-0.1, -0.05) is 6.92 Å². The molecule has 0 atom stereocenters. The van der Waals surface area contributed by atoms with Gasteiger partial charge < -0.3 is 20.1 Å². The molecule has 0 amide bonds. The molecule has 3 aromatic rings. The van der Waals surface area contributed by atoms with Crippen LogP contribution in [0.15, 0.2) is 23.6 Å². The van der Waals surface area contributed by atoms with Crippen LogP contribution in [0, 0.1) is 0 Å². The molecule has 1 aliphatic rings. The molecule has 4 rings (SSSR count). The molecule has 0 saturated heterocycles. The molecule has 1 aromatic carbocycles. The molecule has 3 heterocycles. The first-order chi connectivity index (χ1) is 13.0. The molecule has 6 nitrogen and oxygen atoms in total. The first-order valence-electron chi connectivity index (χ1n) is 8.96. The number of carboxylic acid groups (broad SMARTS) is 2. The van der Waals surface area contributed by atoms with Crippen molar-refractivity contribution in [3.05, 3.63) is 40.4 Å². The van der Waals surface area contributed by atoms with Crippen molar-refractivity contribution < 1.29 is 19.8 Å². The number of nitrogens with one attached hydrogen (secondary N) is 1. The van der Waals surface area contributed by atoms with Gasteiger partial charge in [-0.3, -0.25) is 0 Å². The van der Waals surface area contributed by atoms with Crippen molar-refractivity contribution >= 4 is 49.8 Å². The van der Waals surface area contributed by atoms with Crippen molar-refractivity contribution in [1.29, 1.82) is 0 Å². The standard InChI is InChI=1S/C20H20N2O4S/c1-2-7-22-14-5-6-21-9-12(14)18-15(22)3-4-16-19(18)13(10-27-16)11(20(25)26)8-17(23)24/h3-4,8,10,21H,2,5-7,9H2,1H3,(H,23,24)(H,25,26). The van der Waals surface area contributed by atoms with Crippen LogP contribution in [0.25, 0.3) is 26.6 Å². The van der Waals surface area contributed by atoms with Gasteiger partial charge in [-0.15, -0.1) is 11.3 Å². The fourth-order valence-electron chi connectivity index (χ4n) is 4.05. The Morgan fingerprint density at radius 3 is 2.81 bits per heavy atom. The fourth-order valence-corrected chi connectivity index (χ4v) is 5.02. The average Bonchev–Trinajstić information content (AvgIpc) is 3.19. The number of carboxylic acids is 2. The van der Waals surface area contributed by atoms with E-state index in [1.165, 1.54) is 22.6 Å². The van der Waals surface area contributed by atoms with Gasteiger partial charge in [-0.25, -0.2) is 9.59 Å². The number of hydrogen-bond donors (Lipinski definition) is 3. The van der Waals surface area contributed by atoms with E-state index in [1.54, 1.807) is 5.38 Å². The van der Waals surface area contributed by atoms with E-state index in [4.69, 9.17) is 5.11 Å². The average molecular weight is 384 g/mol. The van der Waals surface area contributed by atoms with E-state index in [0.717, 1.165) is 59.5 Å². The van der Waals surface area contributed by atoms with Crippen molar-refractivity contribution in [2.45, 2.75) is 32.9 Å². The van der Waals surface area contributed by atoms with Crippen molar-refractivity contribution in [2.24, 2.45) is 0 Å².